The lowest BCUT2D eigenvalue weighted by Crippen LogP contribution is -2.37. The fourth-order valence-electron chi connectivity index (χ4n) is 2.89. The van der Waals surface area contributed by atoms with Crippen molar-refractivity contribution < 1.29 is 4.42 Å². The van der Waals surface area contributed by atoms with Gasteiger partial charge < -0.3 is 10.2 Å². The van der Waals surface area contributed by atoms with E-state index in [0.29, 0.717) is 6.54 Å². The average Bonchev–Trinajstić information content (AvgIpc) is 2.91. The number of nitrogens with two attached hydrogens (primary N) is 1. The third-order valence-electron chi connectivity index (χ3n) is 3.89. The minimum Gasteiger partial charge on any atom is -0.461 e. The number of aromatic amines is 1. The number of aromatic nitrogens is 2. The van der Waals surface area contributed by atoms with Gasteiger partial charge in [-0.3, -0.25) is 5.10 Å². The molecule has 0 atom stereocenters. The first kappa shape index (κ1) is 9.90. The molecule has 0 amide bonds. The van der Waals surface area contributed by atoms with E-state index in [1.54, 1.807) is 6.26 Å². The van der Waals surface area contributed by atoms with Crippen LogP contribution in [0, 0.1) is 0 Å². The zero-order valence-electron chi connectivity index (χ0n) is 9.33. The quantitative estimate of drug-likeness (QED) is 0.814. The topological polar surface area (TPSA) is 67.8 Å². The van der Waals surface area contributed by atoms with Gasteiger partial charge in [-0.2, -0.15) is 5.10 Å². The number of hydrogen-bond acceptors (Lipinski definition) is 3. The Hall–Kier alpha value is -1.29. The van der Waals surface area contributed by atoms with Gasteiger partial charge in [0, 0.05) is 18.0 Å². The van der Waals surface area contributed by atoms with Crippen molar-refractivity contribution in [2.24, 2.45) is 5.73 Å². The van der Waals surface area contributed by atoms with Crippen molar-refractivity contribution in [3.8, 4) is 0 Å². The van der Waals surface area contributed by atoms with Gasteiger partial charge >= 0.3 is 0 Å². The van der Waals surface area contributed by atoms with Gasteiger partial charge in [-0.05, 0) is 12.8 Å². The molecular weight excluding hydrogens is 202 g/mol. The lowest BCUT2D eigenvalue weighted by atomic mass is 9.71. The fourth-order valence-corrected chi connectivity index (χ4v) is 2.89. The Balaban J connectivity index is 2.09. The molecule has 3 rings (SSSR count). The van der Waals surface area contributed by atoms with Crippen LogP contribution in [0.15, 0.2) is 16.7 Å². The van der Waals surface area contributed by atoms with Crippen molar-refractivity contribution in [1.82, 2.24) is 10.2 Å². The van der Waals surface area contributed by atoms with Gasteiger partial charge in [-0.25, -0.2) is 0 Å². The molecule has 2 aromatic heterocycles. The van der Waals surface area contributed by atoms with E-state index in [-0.39, 0.29) is 5.41 Å². The molecule has 0 aromatic carbocycles. The molecule has 16 heavy (non-hydrogen) atoms. The van der Waals surface area contributed by atoms with Crippen molar-refractivity contribution in [2.75, 3.05) is 6.54 Å². The molecule has 0 spiro atoms. The van der Waals surface area contributed by atoms with Gasteiger partial charge in [0.25, 0.3) is 0 Å². The van der Waals surface area contributed by atoms with Crippen molar-refractivity contribution >= 4 is 11.1 Å². The van der Waals surface area contributed by atoms with Crippen LogP contribution in [0.3, 0.4) is 0 Å². The van der Waals surface area contributed by atoms with Gasteiger partial charge in [0.15, 0.2) is 5.58 Å². The summed E-state index contributed by atoms with van der Waals surface area (Å²) < 4.78 is 5.52. The van der Waals surface area contributed by atoms with Crippen LogP contribution in [0.5, 0.6) is 0 Å². The van der Waals surface area contributed by atoms with E-state index in [0.717, 1.165) is 29.6 Å². The van der Waals surface area contributed by atoms with E-state index in [4.69, 9.17) is 10.2 Å². The highest BCUT2D eigenvalue weighted by molar-refractivity contribution is 5.76. The zero-order valence-corrected chi connectivity index (χ0v) is 9.33. The molecule has 4 nitrogen and oxygen atoms in total. The maximum Gasteiger partial charge on any atom is 0.175 e. The molecular formula is C12H17N3O. The second kappa shape index (κ2) is 3.63. The molecule has 1 fully saturated rings. The van der Waals surface area contributed by atoms with Crippen LogP contribution in [-0.2, 0) is 5.41 Å². The number of rotatable bonds is 2. The highest BCUT2D eigenvalue weighted by Gasteiger charge is 2.36. The second-order valence-electron chi connectivity index (χ2n) is 4.78. The summed E-state index contributed by atoms with van der Waals surface area (Å²) in [7, 11) is 0. The minimum atomic E-state index is 0.0604. The maximum absolute atomic E-state index is 6.00. The summed E-state index contributed by atoms with van der Waals surface area (Å²) in [6, 6.07) is 1.89. The number of hydrogen-bond donors (Lipinski definition) is 2. The number of fused-ring (bicyclic) bond motifs is 1. The highest BCUT2D eigenvalue weighted by atomic mass is 16.3. The number of H-pyrrole nitrogens is 1. The van der Waals surface area contributed by atoms with Crippen molar-refractivity contribution in [3.05, 3.63) is 18.0 Å². The van der Waals surface area contributed by atoms with E-state index < -0.39 is 0 Å². The van der Waals surface area contributed by atoms with Crippen molar-refractivity contribution in [1.29, 1.82) is 0 Å². The summed E-state index contributed by atoms with van der Waals surface area (Å²) >= 11 is 0. The third kappa shape index (κ3) is 1.29. The molecule has 1 aliphatic carbocycles. The van der Waals surface area contributed by atoms with E-state index in [1.807, 2.05) is 6.07 Å². The molecule has 0 bridgehead atoms. The molecule has 0 radical (unpaired) electrons. The summed E-state index contributed by atoms with van der Waals surface area (Å²) in [6.45, 7) is 0.672. The Bertz CT molecular complexity index is 479. The number of furan rings is 1. The lowest BCUT2D eigenvalue weighted by molar-refractivity contribution is 0.293. The molecule has 1 saturated carbocycles. The molecule has 2 aromatic rings. The number of nitrogens with zero attached hydrogens (tertiary/aromatic N) is 1. The third-order valence-corrected chi connectivity index (χ3v) is 3.89. The van der Waals surface area contributed by atoms with Crippen LogP contribution in [0.2, 0.25) is 0 Å². The van der Waals surface area contributed by atoms with Crippen molar-refractivity contribution in [2.45, 2.75) is 37.5 Å². The van der Waals surface area contributed by atoms with E-state index >= 15 is 0 Å². The molecule has 0 saturated heterocycles. The number of nitrogens with one attached hydrogen (secondary N) is 1. The van der Waals surface area contributed by atoms with Gasteiger partial charge in [0.1, 0.15) is 5.52 Å². The molecule has 0 unspecified atom stereocenters. The Kier molecular flexibility index (Phi) is 2.24. The second-order valence-corrected chi connectivity index (χ2v) is 4.78. The van der Waals surface area contributed by atoms with Crippen LogP contribution in [0.4, 0.5) is 0 Å². The van der Waals surface area contributed by atoms with E-state index in [1.165, 1.54) is 19.3 Å². The summed E-state index contributed by atoms with van der Waals surface area (Å²) in [5.74, 6) is 0. The Morgan fingerprint density at radius 2 is 2.19 bits per heavy atom. The lowest BCUT2D eigenvalue weighted by Gasteiger charge is -2.34. The first-order valence-corrected chi connectivity index (χ1v) is 5.98. The summed E-state index contributed by atoms with van der Waals surface area (Å²) in [4.78, 5) is 0. The Morgan fingerprint density at radius 3 is 2.94 bits per heavy atom. The van der Waals surface area contributed by atoms with Gasteiger partial charge in [0.2, 0.25) is 0 Å². The molecule has 2 heterocycles. The maximum atomic E-state index is 6.00. The normalized spacial score (nSPS) is 20.3. The molecule has 1 aliphatic rings. The van der Waals surface area contributed by atoms with Crippen LogP contribution < -0.4 is 5.73 Å². The van der Waals surface area contributed by atoms with Gasteiger partial charge in [-0.1, -0.05) is 19.3 Å². The molecule has 4 heteroatoms. The average molecular weight is 219 g/mol. The minimum absolute atomic E-state index is 0.0604. The van der Waals surface area contributed by atoms with E-state index in [2.05, 4.69) is 10.2 Å². The van der Waals surface area contributed by atoms with Gasteiger partial charge in [0.05, 0.1) is 12.0 Å². The summed E-state index contributed by atoms with van der Waals surface area (Å²) in [5, 5.41) is 7.40. The highest BCUT2D eigenvalue weighted by Crippen LogP contribution is 2.40. The van der Waals surface area contributed by atoms with E-state index in [9.17, 15) is 0 Å². The first-order chi connectivity index (χ1) is 7.86. The smallest absolute Gasteiger partial charge is 0.175 e. The molecule has 86 valence electrons. The fraction of sp³-hybridized carbons (Fsp3) is 0.583. The van der Waals surface area contributed by atoms with Gasteiger partial charge in [-0.15, -0.1) is 0 Å². The monoisotopic (exact) mass is 219 g/mol. The van der Waals surface area contributed by atoms with Crippen LogP contribution >= 0.6 is 0 Å². The Morgan fingerprint density at radius 1 is 1.38 bits per heavy atom. The summed E-state index contributed by atoms with van der Waals surface area (Å²) in [5.41, 5.74) is 8.97. The standard InChI is InChI=1S/C12H17N3O/c13-8-12(5-2-1-3-6-12)11-10-9(14-15-11)4-7-16-10/h4,7H,1-3,5-6,8,13H2,(H,14,15). The zero-order chi connectivity index (χ0) is 11.0. The Labute approximate surface area is 94.2 Å². The SMILES string of the molecule is NCC1(c2[nH]nc3ccoc23)CCCCC1. The van der Waals surface area contributed by atoms with Crippen molar-refractivity contribution in [3.63, 3.8) is 0 Å². The largest absolute Gasteiger partial charge is 0.461 e. The first-order valence-electron chi connectivity index (χ1n) is 5.98. The molecule has 0 aliphatic heterocycles. The van der Waals surface area contributed by atoms with Crippen LogP contribution in [-0.4, -0.2) is 16.7 Å². The van der Waals surface area contributed by atoms with Crippen LogP contribution in [0.1, 0.15) is 37.8 Å². The predicted octanol–water partition coefficient (Wildman–Crippen LogP) is 2.32. The summed E-state index contributed by atoms with van der Waals surface area (Å²) in [6.07, 6.45) is 7.79. The molecule has 3 N–H and O–H groups in total. The van der Waals surface area contributed by atoms with Crippen LogP contribution in [0.25, 0.3) is 11.1 Å². The predicted molar refractivity (Wildman–Crippen MR) is 62.2 cm³/mol.